The molecule has 28 heavy (non-hydrogen) atoms. The van der Waals surface area contributed by atoms with Gasteiger partial charge in [-0.15, -0.1) is 0 Å². The van der Waals surface area contributed by atoms with Crippen molar-refractivity contribution in [2.75, 3.05) is 18.9 Å². The van der Waals surface area contributed by atoms with Gasteiger partial charge in [0.05, 0.1) is 6.04 Å². The molecule has 1 fully saturated rings. The summed E-state index contributed by atoms with van der Waals surface area (Å²) in [6, 6.07) is 16.4. The highest BCUT2D eigenvalue weighted by Gasteiger charge is 2.35. The number of urea groups is 1. The van der Waals surface area contributed by atoms with E-state index in [1.165, 1.54) is 0 Å². The number of anilines is 1. The summed E-state index contributed by atoms with van der Waals surface area (Å²) in [5.74, 6) is 1.07. The highest BCUT2D eigenvalue weighted by atomic mass is 35.5. The smallest absolute Gasteiger partial charge is 0.319 e. The quantitative estimate of drug-likeness (QED) is 0.696. The number of rotatable bonds is 4. The Morgan fingerprint density at radius 2 is 1.93 bits per heavy atom. The Morgan fingerprint density at radius 3 is 2.68 bits per heavy atom. The molecule has 7 nitrogen and oxygen atoms in total. The number of carbonyl (C=O) groups excluding carboxylic acids is 1. The third-order valence-corrected chi connectivity index (χ3v) is 5.00. The van der Waals surface area contributed by atoms with Gasteiger partial charge in [0, 0.05) is 28.9 Å². The highest BCUT2D eigenvalue weighted by Crippen LogP contribution is 2.31. The van der Waals surface area contributed by atoms with Gasteiger partial charge in [-0.1, -0.05) is 35.0 Å². The minimum absolute atomic E-state index is 0.00964. The minimum atomic E-state index is -0.224. The molecule has 3 aromatic rings. The second-order valence-corrected chi connectivity index (χ2v) is 7.25. The number of hydrogen-bond donors (Lipinski definition) is 2. The number of para-hydroxylation sites is 1. The zero-order chi connectivity index (χ0) is 19.5. The van der Waals surface area contributed by atoms with Crippen LogP contribution in [0.1, 0.15) is 18.4 Å². The molecule has 144 valence electrons. The van der Waals surface area contributed by atoms with Crippen molar-refractivity contribution in [2.45, 2.75) is 18.5 Å². The first-order chi connectivity index (χ1) is 13.6. The van der Waals surface area contributed by atoms with Crippen LogP contribution in [0, 0.1) is 0 Å². The normalized spacial score (nSPS) is 19.5. The van der Waals surface area contributed by atoms with Gasteiger partial charge in [0.2, 0.25) is 11.7 Å². The fourth-order valence-electron chi connectivity index (χ4n) is 3.35. The van der Waals surface area contributed by atoms with Crippen molar-refractivity contribution in [3.63, 3.8) is 0 Å². The van der Waals surface area contributed by atoms with Crippen molar-refractivity contribution < 1.29 is 9.32 Å². The Bertz CT molecular complexity index is 945. The number of halogens is 1. The second-order valence-electron chi connectivity index (χ2n) is 6.82. The van der Waals surface area contributed by atoms with Crippen molar-refractivity contribution in [2.24, 2.45) is 0 Å². The van der Waals surface area contributed by atoms with Gasteiger partial charge >= 0.3 is 6.03 Å². The third-order valence-electron chi connectivity index (χ3n) is 4.74. The van der Waals surface area contributed by atoms with Gasteiger partial charge in [0.15, 0.2) is 0 Å². The molecule has 1 aliphatic heterocycles. The molecule has 8 heteroatoms. The van der Waals surface area contributed by atoms with E-state index in [4.69, 9.17) is 16.1 Å². The molecular formula is C20H20ClN5O2. The number of nitrogens with zero attached hydrogens (tertiary/aromatic N) is 3. The Hall–Kier alpha value is -2.90. The van der Waals surface area contributed by atoms with E-state index in [1.807, 2.05) is 49.5 Å². The summed E-state index contributed by atoms with van der Waals surface area (Å²) in [5, 5.41) is 10.6. The van der Waals surface area contributed by atoms with Crippen LogP contribution in [-0.4, -0.2) is 40.7 Å². The summed E-state index contributed by atoms with van der Waals surface area (Å²) in [6.07, 6.45) is 0.695. The van der Waals surface area contributed by atoms with Crippen LogP contribution in [0.15, 0.2) is 59.1 Å². The molecule has 0 aliphatic carbocycles. The topological polar surface area (TPSA) is 83.3 Å². The van der Waals surface area contributed by atoms with Crippen molar-refractivity contribution in [3.8, 4) is 11.4 Å². The lowest BCUT2D eigenvalue weighted by Crippen LogP contribution is -2.39. The lowest BCUT2D eigenvalue weighted by atomic mass is 10.1. The van der Waals surface area contributed by atoms with E-state index in [0.29, 0.717) is 29.7 Å². The fraction of sp³-hybridized carbons (Fsp3) is 0.250. The van der Waals surface area contributed by atoms with Crippen LogP contribution in [-0.2, 0) is 0 Å². The van der Waals surface area contributed by atoms with Crippen LogP contribution in [0.5, 0.6) is 0 Å². The monoisotopic (exact) mass is 397 g/mol. The van der Waals surface area contributed by atoms with Gasteiger partial charge in [0.25, 0.3) is 0 Å². The standard InChI is InChI=1S/C20H20ClN5O2/c1-26-12-16(23-20(27)22-15-5-3-2-4-6-15)11-17(26)19-24-18(25-28-19)13-7-9-14(21)10-8-13/h2-10,16-17H,11-12H2,1H3,(H2,22,23,27)/t16-,17-/m0/s1. The summed E-state index contributed by atoms with van der Waals surface area (Å²) in [5.41, 5.74) is 1.60. The van der Waals surface area contributed by atoms with Crippen molar-refractivity contribution in [3.05, 3.63) is 65.5 Å². The molecule has 2 atom stereocenters. The van der Waals surface area contributed by atoms with Gasteiger partial charge in [0.1, 0.15) is 0 Å². The molecule has 0 radical (unpaired) electrons. The minimum Gasteiger partial charge on any atom is -0.337 e. The molecule has 1 aliphatic rings. The molecule has 2 N–H and O–H groups in total. The number of carbonyl (C=O) groups is 1. The summed E-state index contributed by atoms with van der Waals surface area (Å²) in [7, 11) is 1.98. The summed E-state index contributed by atoms with van der Waals surface area (Å²) in [6.45, 7) is 0.700. The van der Waals surface area contributed by atoms with Crippen LogP contribution >= 0.6 is 11.6 Å². The van der Waals surface area contributed by atoms with Gasteiger partial charge < -0.3 is 15.2 Å². The van der Waals surface area contributed by atoms with E-state index in [0.717, 1.165) is 11.3 Å². The first-order valence-corrected chi connectivity index (χ1v) is 9.38. The molecule has 1 aromatic heterocycles. The summed E-state index contributed by atoms with van der Waals surface area (Å²) in [4.78, 5) is 18.9. The largest absolute Gasteiger partial charge is 0.337 e. The van der Waals surface area contributed by atoms with E-state index < -0.39 is 0 Å². The molecule has 2 amide bonds. The van der Waals surface area contributed by atoms with Crippen molar-refractivity contribution in [1.29, 1.82) is 0 Å². The second kappa shape index (κ2) is 8.00. The van der Waals surface area contributed by atoms with E-state index in [-0.39, 0.29) is 18.1 Å². The lowest BCUT2D eigenvalue weighted by molar-refractivity contribution is 0.243. The first-order valence-electron chi connectivity index (χ1n) is 9.01. The van der Waals surface area contributed by atoms with Gasteiger partial charge in [-0.2, -0.15) is 4.98 Å². The Kier molecular flexibility index (Phi) is 5.27. The molecule has 0 bridgehead atoms. The Labute approximate surface area is 167 Å². The average molecular weight is 398 g/mol. The van der Waals surface area contributed by atoms with Gasteiger partial charge in [-0.05, 0) is 49.9 Å². The molecule has 2 aromatic carbocycles. The van der Waals surface area contributed by atoms with Crippen LogP contribution in [0.3, 0.4) is 0 Å². The number of hydrogen-bond acceptors (Lipinski definition) is 5. The zero-order valence-electron chi connectivity index (χ0n) is 15.3. The van der Waals surface area contributed by atoms with Crippen LogP contribution in [0.2, 0.25) is 5.02 Å². The number of likely N-dealkylation sites (N-methyl/N-ethyl adjacent to an activating group) is 1. The summed E-state index contributed by atoms with van der Waals surface area (Å²) < 4.78 is 5.49. The average Bonchev–Trinajstić information content (AvgIpc) is 3.30. The molecule has 0 saturated carbocycles. The van der Waals surface area contributed by atoms with E-state index in [1.54, 1.807) is 12.1 Å². The van der Waals surface area contributed by atoms with Crippen molar-refractivity contribution in [1.82, 2.24) is 20.4 Å². The highest BCUT2D eigenvalue weighted by molar-refractivity contribution is 6.30. The van der Waals surface area contributed by atoms with Crippen LogP contribution < -0.4 is 10.6 Å². The van der Waals surface area contributed by atoms with Gasteiger partial charge in [-0.25, -0.2) is 4.79 Å². The molecule has 0 unspecified atom stereocenters. The molecule has 1 saturated heterocycles. The zero-order valence-corrected chi connectivity index (χ0v) is 16.1. The van der Waals surface area contributed by atoms with Crippen LogP contribution in [0.25, 0.3) is 11.4 Å². The SMILES string of the molecule is CN1C[C@@H](NC(=O)Nc2ccccc2)C[C@H]1c1nc(-c2ccc(Cl)cc2)no1. The Morgan fingerprint density at radius 1 is 1.18 bits per heavy atom. The Balaban J connectivity index is 1.39. The molecule has 0 spiro atoms. The third kappa shape index (κ3) is 4.16. The van der Waals surface area contributed by atoms with Gasteiger partial charge in [-0.3, -0.25) is 4.90 Å². The van der Waals surface area contributed by atoms with E-state index in [2.05, 4.69) is 25.7 Å². The van der Waals surface area contributed by atoms with Crippen LogP contribution in [0.4, 0.5) is 10.5 Å². The number of aromatic nitrogens is 2. The van der Waals surface area contributed by atoms with E-state index in [9.17, 15) is 4.79 Å². The first kappa shape index (κ1) is 18.5. The predicted molar refractivity (Wildman–Crippen MR) is 107 cm³/mol. The maximum Gasteiger partial charge on any atom is 0.319 e. The number of amides is 2. The molecule has 2 heterocycles. The number of nitrogens with one attached hydrogen (secondary N) is 2. The number of benzene rings is 2. The fourth-order valence-corrected chi connectivity index (χ4v) is 3.48. The predicted octanol–water partition coefficient (Wildman–Crippen LogP) is 3.96. The lowest BCUT2D eigenvalue weighted by Gasteiger charge is -2.14. The molecule has 4 rings (SSSR count). The maximum atomic E-state index is 12.2. The summed E-state index contributed by atoms with van der Waals surface area (Å²) >= 11 is 5.93. The van der Waals surface area contributed by atoms with E-state index >= 15 is 0 Å². The number of likely N-dealkylation sites (tertiary alicyclic amines) is 1. The molecular weight excluding hydrogens is 378 g/mol. The maximum absolute atomic E-state index is 12.2. The van der Waals surface area contributed by atoms with Crippen molar-refractivity contribution >= 4 is 23.3 Å².